The molecule has 0 saturated heterocycles. The topological polar surface area (TPSA) is 57.8 Å². The number of nitrogens with one attached hydrogen (secondary N) is 1. The molecule has 5 rings (SSSR count). The van der Waals surface area contributed by atoms with Gasteiger partial charge in [-0.1, -0.05) is 29.0 Å². The second-order valence-corrected chi connectivity index (χ2v) is 8.38. The Kier molecular flexibility index (Phi) is 4.70. The Labute approximate surface area is 179 Å². The van der Waals surface area contributed by atoms with Crippen LogP contribution in [0.5, 0.6) is 0 Å². The summed E-state index contributed by atoms with van der Waals surface area (Å²) in [7, 11) is 1.91. The van der Waals surface area contributed by atoms with E-state index in [9.17, 15) is 4.39 Å². The van der Waals surface area contributed by atoms with Crippen molar-refractivity contribution in [3.8, 4) is 11.1 Å². The molecule has 3 aromatic rings. The zero-order chi connectivity index (χ0) is 20.8. The lowest BCUT2D eigenvalue weighted by Gasteiger charge is -2.24. The first-order chi connectivity index (χ1) is 14.5. The SMILES string of the molecule is CC1N=NN2CCC(Nc3cc(F)cc(Cl)c3)c3cc(-c4cnn(C)c4)ccc3C12. The van der Waals surface area contributed by atoms with Gasteiger partial charge in [0.05, 0.1) is 24.3 Å². The molecule has 0 bridgehead atoms. The lowest BCUT2D eigenvalue weighted by molar-refractivity contribution is 0.227. The van der Waals surface area contributed by atoms with Crippen molar-refractivity contribution in [1.29, 1.82) is 0 Å². The van der Waals surface area contributed by atoms with E-state index in [-0.39, 0.29) is 23.9 Å². The molecule has 2 aliphatic heterocycles. The summed E-state index contributed by atoms with van der Waals surface area (Å²) in [4.78, 5) is 0. The lowest BCUT2D eigenvalue weighted by atomic mass is 9.90. The molecule has 0 amide bonds. The Balaban J connectivity index is 1.59. The van der Waals surface area contributed by atoms with E-state index in [1.807, 2.05) is 19.4 Å². The van der Waals surface area contributed by atoms with E-state index in [2.05, 4.69) is 50.9 Å². The Bertz CT molecular complexity index is 1110. The van der Waals surface area contributed by atoms with Crippen LogP contribution in [0.15, 0.2) is 59.1 Å². The van der Waals surface area contributed by atoms with Crippen LogP contribution in [0.1, 0.15) is 36.6 Å². The van der Waals surface area contributed by atoms with Crippen LogP contribution in [0.2, 0.25) is 5.02 Å². The maximum Gasteiger partial charge on any atom is 0.126 e. The minimum absolute atomic E-state index is 0.0116. The number of nitrogens with zero attached hydrogens (tertiary/aromatic N) is 5. The van der Waals surface area contributed by atoms with Gasteiger partial charge in [-0.25, -0.2) is 4.39 Å². The summed E-state index contributed by atoms with van der Waals surface area (Å²) in [5.41, 5.74) is 5.18. The average Bonchev–Trinajstić information content (AvgIpc) is 3.25. The van der Waals surface area contributed by atoms with Gasteiger partial charge >= 0.3 is 0 Å². The quantitative estimate of drug-likeness (QED) is 0.599. The molecule has 0 aliphatic carbocycles. The summed E-state index contributed by atoms with van der Waals surface area (Å²) < 4.78 is 15.7. The highest BCUT2D eigenvalue weighted by atomic mass is 35.5. The molecule has 8 heteroatoms. The van der Waals surface area contributed by atoms with Crippen LogP contribution in [0.25, 0.3) is 11.1 Å². The number of hydrogen-bond donors (Lipinski definition) is 1. The van der Waals surface area contributed by atoms with E-state index in [0.717, 1.165) is 24.1 Å². The monoisotopic (exact) mass is 424 g/mol. The van der Waals surface area contributed by atoms with Crippen molar-refractivity contribution in [3.05, 3.63) is 70.8 Å². The van der Waals surface area contributed by atoms with Gasteiger partial charge in [0.15, 0.2) is 0 Å². The predicted octanol–water partition coefficient (Wildman–Crippen LogP) is 5.55. The third-order valence-electron chi connectivity index (χ3n) is 5.80. The highest BCUT2D eigenvalue weighted by Gasteiger charge is 2.37. The van der Waals surface area contributed by atoms with E-state index >= 15 is 0 Å². The van der Waals surface area contributed by atoms with Crippen LogP contribution in [0, 0.1) is 5.82 Å². The second kappa shape index (κ2) is 7.40. The van der Waals surface area contributed by atoms with Gasteiger partial charge in [0.1, 0.15) is 5.82 Å². The summed E-state index contributed by atoms with van der Waals surface area (Å²) in [6.07, 6.45) is 4.67. The third-order valence-corrected chi connectivity index (χ3v) is 6.01. The van der Waals surface area contributed by atoms with Gasteiger partial charge in [0.2, 0.25) is 0 Å². The zero-order valence-electron chi connectivity index (χ0n) is 16.8. The molecule has 3 unspecified atom stereocenters. The Hall–Kier alpha value is -2.93. The molecule has 0 fully saturated rings. The first-order valence-corrected chi connectivity index (χ1v) is 10.4. The van der Waals surface area contributed by atoms with Crippen molar-refractivity contribution >= 4 is 17.3 Å². The molecule has 1 aromatic heterocycles. The maximum atomic E-state index is 13.9. The Morgan fingerprint density at radius 1 is 1.13 bits per heavy atom. The summed E-state index contributed by atoms with van der Waals surface area (Å²) in [6, 6.07) is 11.2. The summed E-state index contributed by atoms with van der Waals surface area (Å²) in [5, 5.41) is 19.0. The smallest absolute Gasteiger partial charge is 0.126 e. The zero-order valence-corrected chi connectivity index (χ0v) is 17.5. The van der Waals surface area contributed by atoms with Gasteiger partial charge in [0, 0.05) is 36.1 Å². The molecule has 2 aliphatic rings. The van der Waals surface area contributed by atoms with Crippen molar-refractivity contribution < 1.29 is 4.39 Å². The fourth-order valence-corrected chi connectivity index (χ4v) is 4.64. The van der Waals surface area contributed by atoms with Crippen LogP contribution in [-0.4, -0.2) is 27.4 Å². The predicted molar refractivity (Wildman–Crippen MR) is 115 cm³/mol. The van der Waals surface area contributed by atoms with Gasteiger partial charge in [-0.15, -0.1) is 0 Å². The fourth-order valence-electron chi connectivity index (χ4n) is 4.42. The summed E-state index contributed by atoms with van der Waals surface area (Å²) in [5.74, 6) is -0.356. The van der Waals surface area contributed by atoms with Crippen molar-refractivity contribution in [2.24, 2.45) is 17.4 Å². The summed E-state index contributed by atoms with van der Waals surface area (Å²) >= 11 is 6.08. The van der Waals surface area contributed by atoms with E-state index in [4.69, 9.17) is 11.6 Å². The van der Waals surface area contributed by atoms with Gasteiger partial charge < -0.3 is 5.32 Å². The molecule has 0 saturated carbocycles. The molecule has 0 radical (unpaired) electrons. The molecule has 3 heterocycles. The van der Waals surface area contributed by atoms with E-state index in [1.165, 1.54) is 23.3 Å². The number of halogens is 2. The van der Waals surface area contributed by atoms with Crippen LogP contribution in [-0.2, 0) is 7.05 Å². The fraction of sp³-hybridized carbons (Fsp3) is 0.318. The molecular weight excluding hydrogens is 403 g/mol. The Morgan fingerprint density at radius 3 is 2.77 bits per heavy atom. The van der Waals surface area contributed by atoms with Gasteiger partial charge in [0.25, 0.3) is 0 Å². The van der Waals surface area contributed by atoms with Crippen molar-refractivity contribution in [3.63, 3.8) is 0 Å². The molecule has 154 valence electrons. The lowest BCUT2D eigenvalue weighted by Crippen LogP contribution is -2.25. The van der Waals surface area contributed by atoms with Crippen molar-refractivity contribution in [1.82, 2.24) is 14.8 Å². The molecule has 1 N–H and O–H groups in total. The maximum absolute atomic E-state index is 13.9. The largest absolute Gasteiger partial charge is 0.378 e. The highest BCUT2D eigenvalue weighted by Crippen LogP contribution is 2.42. The van der Waals surface area contributed by atoms with Crippen molar-refractivity contribution in [2.45, 2.75) is 31.5 Å². The number of benzene rings is 2. The molecule has 30 heavy (non-hydrogen) atoms. The molecule has 6 nitrogen and oxygen atoms in total. The van der Waals surface area contributed by atoms with E-state index in [0.29, 0.717) is 10.7 Å². The van der Waals surface area contributed by atoms with Crippen LogP contribution >= 0.6 is 11.6 Å². The third kappa shape index (κ3) is 3.43. The minimum Gasteiger partial charge on any atom is -0.378 e. The number of anilines is 1. The van der Waals surface area contributed by atoms with Gasteiger partial charge in [-0.3, -0.25) is 9.69 Å². The Morgan fingerprint density at radius 2 is 2.00 bits per heavy atom. The molecule has 3 atom stereocenters. The second-order valence-electron chi connectivity index (χ2n) is 7.94. The average molecular weight is 425 g/mol. The van der Waals surface area contributed by atoms with Gasteiger partial charge in [-0.2, -0.15) is 10.2 Å². The molecule has 2 aromatic carbocycles. The number of hydrogen-bond acceptors (Lipinski definition) is 5. The number of rotatable bonds is 3. The number of aryl methyl sites for hydroxylation is 1. The van der Waals surface area contributed by atoms with Crippen LogP contribution < -0.4 is 5.32 Å². The number of aromatic nitrogens is 2. The standard InChI is InChI=1S/C22H22ClFN6/c1-13-22-19-4-3-14(15-11-25-29(2)12-15)7-20(19)21(5-6-30(22)28-27-13)26-18-9-16(23)8-17(24)10-18/h3-4,7-13,21-22,26H,5-6H2,1-2H3. The normalized spacial score (nSPS) is 22.5. The summed E-state index contributed by atoms with van der Waals surface area (Å²) in [6.45, 7) is 2.85. The molecular formula is C22H22ClFN6. The van der Waals surface area contributed by atoms with Crippen LogP contribution in [0.3, 0.4) is 0 Å². The van der Waals surface area contributed by atoms with E-state index in [1.54, 1.807) is 10.7 Å². The number of fused-ring (bicyclic) bond motifs is 3. The first kappa shape index (κ1) is 19.1. The van der Waals surface area contributed by atoms with Gasteiger partial charge in [-0.05, 0) is 54.3 Å². The minimum atomic E-state index is -0.356. The van der Waals surface area contributed by atoms with Crippen LogP contribution in [0.4, 0.5) is 10.1 Å². The van der Waals surface area contributed by atoms with E-state index < -0.39 is 0 Å². The highest BCUT2D eigenvalue weighted by molar-refractivity contribution is 6.30. The first-order valence-electron chi connectivity index (χ1n) is 10.0. The van der Waals surface area contributed by atoms with Crippen molar-refractivity contribution in [2.75, 3.05) is 11.9 Å². The molecule has 0 spiro atoms.